The lowest BCUT2D eigenvalue weighted by Gasteiger charge is -2.06. The number of hydrogen-bond acceptors (Lipinski definition) is 3. The van der Waals surface area contributed by atoms with Crippen molar-refractivity contribution in [1.29, 1.82) is 0 Å². The maximum absolute atomic E-state index is 9.38. The molecular weight excluding hydrogens is 154 g/mol. The van der Waals surface area contributed by atoms with Gasteiger partial charge in [-0.05, 0) is 12.1 Å². The van der Waals surface area contributed by atoms with Crippen LogP contribution in [0.4, 0.5) is 5.69 Å². The summed E-state index contributed by atoms with van der Waals surface area (Å²) in [6, 6.07) is 5.12. The molecule has 0 saturated heterocycles. The molecule has 0 unspecified atom stereocenters. The number of anilines is 1. The smallest absolute Gasteiger partial charge is 0.120 e. The van der Waals surface area contributed by atoms with Crippen molar-refractivity contribution in [3.8, 4) is 5.75 Å². The van der Waals surface area contributed by atoms with E-state index in [1.807, 2.05) is 0 Å². The molecular formula is C9H13NO2. The number of benzene rings is 1. The summed E-state index contributed by atoms with van der Waals surface area (Å²) in [5, 5.41) is 9.38. The Kier molecular flexibility index (Phi) is 2.94. The van der Waals surface area contributed by atoms with Crippen molar-refractivity contribution in [3.05, 3.63) is 23.8 Å². The summed E-state index contributed by atoms with van der Waals surface area (Å²) in [6.07, 6.45) is 0.648. The number of ether oxygens (including phenoxy) is 1. The third-order valence-corrected chi connectivity index (χ3v) is 1.74. The maximum atomic E-state index is 9.38. The van der Waals surface area contributed by atoms with E-state index in [1.165, 1.54) is 0 Å². The zero-order valence-corrected chi connectivity index (χ0v) is 7.08. The highest BCUT2D eigenvalue weighted by Crippen LogP contribution is 2.22. The van der Waals surface area contributed by atoms with E-state index >= 15 is 0 Å². The number of hydrogen-bond donors (Lipinski definition) is 2. The second-order valence-electron chi connectivity index (χ2n) is 2.59. The molecule has 0 bridgehead atoms. The van der Waals surface area contributed by atoms with Crippen molar-refractivity contribution >= 4 is 5.69 Å². The Morgan fingerprint density at radius 3 is 2.83 bits per heavy atom. The topological polar surface area (TPSA) is 55.5 Å². The lowest BCUT2D eigenvalue weighted by atomic mass is 10.1. The highest BCUT2D eigenvalue weighted by atomic mass is 16.5. The van der Waals surface area contributed by atoms with Gasteiger partial charge in [0, 0.05) is 24.8 Å². The molecule has 3 nitrogen and oxygen atoms in total. The zero-order valence-electron chi connectivity index (χ0n) is 7.08. The predicted molar refractivity (Wildman–Crippen MR) is 48.1 cm³/mol. The Morgan fingerprint density at radius 2 is 2.25 bits per heavy atom. The van der Waals surface area contributed by atoms with Crippen LogP contribution < -0.4 is 5.73 Å². The number of methoxy groups -OCH3 is 1. The molecule has 0 heterocycles. The third kappa shape index (κ3) is 1.89. The molecule has 0 amide bonds. The van der Waals surface area contributed by atoms with E-state index in [9.17, 15) is 5.11 Å². The zero-order chi connectivity index (χ0) is 8.97. The van der Waals surface area contributed by atoms with Gasteiger partial charge in [0.25, 0.3) is 0 Å². The number of nitrogens with two attached hydrogens (primary N) is 1. The van der Waals surface area contributed by atoms with Crippen LogP contribution in [-0.2, 0) is 11.2 Å². The Labute approximate surface area is 71.8 Å². The number of nitrogen functional groups attached to an aromatic ring is 1. The largest absolute Gasteiger partial charge is 0.508 e. The summed E-state index contributed by atoms with van der Waals surface area (Å²) in [5.74, 6) is 0.243. The average Bonchev–Trinajstić information content (AvgIpc) is 2.04. The van der Waals surface area contributed by atoms with Gasteiger partial charge >= 0.3 is 0 Å². The van der Waals surface area contributed by atoms with Crippen LogP contribution in [-0.4, -0.2) is 18.8 Å². The van der Waals surface area contributed by atoms with Crippen molar-refractivity contribution in [2.45, 2.75) is 6.42 Å². The Morgan fingerprint density at radius 1 is 1.50 bits per heavy atom. The number of rotatable bonds is 3. The quantitative estimate of drug-likeness (QED) is 0.664. The standard InChI is InChI=1S/C9H13NO2/c1-12-6-5-7-8(10)3-2-4-9(7)11/h2-4,11H,5-6,10H2,1H3. The van der Waals surface area contributed by atoms with E-state index in [1.54, 1.807) is 25.3 Å². The highest BCUT2D eigenvalue weighted by Gasteiger charge is 2.03. The van der Waals surface area contributed by atoms with Gasteiger partial charge < -0.3 is 15.6 Å². The molecule has 1 aromatic rings. The first-order chi connectivity index (χ1) is 5.75. The summed E-state index contributed by atoms with van der Waals surface area (Å²) < 4.78 is 4.89. The third-order valence-electron chi connectivity index (χ3n) is 1.74. The van der Waals surface area contributed by atoms with E-state index in [-0.39, 0.29) is 5.75 Å². The van der Waals surface area contributed by atoms with E-state index in [2.05, 4.69) is 0 Å². The molecule has 0 atom stereocenters. The van der Waals surface area contributed by atoms with Gasteiger partial charge in [-0.15, -0.1) is 0 Å². The first-order valence-electron chi connectivity index (χ1n) is 3.81. The molecule has 66 valence electrons. The van der Waals surface area contributed by atoms with Crippen LogP contribution in [0.25, 0.3) is 0 Å². The molecule has 3 heteroatoms. The predicted octanol–water partition coefficient (Wildman–Crippen LogP) is 1.16. The molecule has 0 radical (unpaired) electrons. The van der Waals surface area contributed by atoms with Crippen LogP contribution in [0, 0.1) is 0 Å². The Hall–Kier alpha value is -1.22. The van der Waals surface area contributed by atoms with Crippen LogP contribution in [0.5, 0.6) is 5.75 Å². The SMILES string of the molecule is COCCc1c(N)cccc1O. The second-order valence-corrected chi connectivity index (χ2v) is 2.59. The van der Waals surface area contributed by atoms with Crippen LogP contribution in [0.2, 0.25) is 0 Å². The van der Waals surface area contributed by atoms with Gasteiger partial charge in [0.15, 0.2) is 0 Å². The van der Waals surface area contributed by atoms with Gasteiger partial charge in [-0.2, -0.15) is 0 Å². The molecule has 0 saturated carbocycles. The minimum Gasteiger partial charge on any atom is -0.508 e. The molecule has 0 fully saturated rings. The summed E-state index contributed by atoms with van der Waals surface area (Å²) in [7, 11) is 1.62. The number of phenolic OH excluding ortho intramolecular Hbond substituents is 1. The summed E-state index contributed by atoms with van der Waals surface area (Å²) >= 11 is 0. The van der Waals surface area contributed by atoms with Gasteiger partial charge in [-0.3, -0.25) is 0 Å². The fraction of sp³-hybridized carbons (Fsp3) is 0.333. The molecule has 3 N–H and O–H groups in total. The fourth-order valence-electron chi connectivity index (χ4n) is 1.07. The number of aromatic hydroxyl groups is 1. The van der Waals surface area contributed by atoms with Crippen LogP contribution in [0.3, 0.4) is 0 Å². The molecule has 0 aliphatic rings. The highest BCUT2D eigenvalue weighted by molar-refractivity contribution is 5.53. The van der Waals surface area contributed by atoms with Crippen molar-refractivity contribution < 1.29 is 9.84 Å². The van der Waals surface area contributed by atoms with Crippen molar-refractivity contribution in [2.24, 2.45) is 0 Å². The molecule has 0 aromatic heterocycles. The van der Waals surface area contributed by atoms with Gasteiger partial charge in [0.05, 0.1) is 6.61 Å². The number of phenols is 1. The normalized spacial score (nSPS) is 10.1. The first kappa shape index (κ1) is 8.87. The van der Waals surface area contributed by atoms with Crippen molar-refractivity contribution in [3.63, 3.8) is 0 Å². The molecule has 1 rings (SSSR count). The van der Waals surface area contributed by atoms with E-state index in [0.717, 1.165) is 5.56 Å². The summed E-state index contributed by atoms with van der Waals surface area (Å²) in [5.41, 5.74) is 7.03. The van der Waals surface area contributed by atoms with E-state index in [4.69, 9.17) is 10.5 Å². The minimum atomic E-state index is 0.243. The maximum Gasteiger partial charge on any atom is 0.120 e. The average molecular weight is 167 g/mol. The molecule has 12 heavy (non-hydrogen) atoms. The Bertz CT molecular complexity index is 240. The lowest BCUT2D eigenvalue weighted by Crippen LogP contribution is -1.99. The van der Waals surface area contributed by atoms with E-state index < -0.39 is 0 Å². The summed E-state index contributed by atoms with van der Waals surface area (Å²) in [4.78, 5) is 0. The van der Waals surface area contributed by atoms with E-state index in [0.29, 0.717) is 18.7 Å². The molecule has 0 spiro atoms. The van der Waals surface area contributed by atoms with Crippen LogP contribution in [0.1, 0.15) is 5.56 Å². The monoisotopic (exact) mass is 167 g/mol. The van der Waals surface area contributed by atoms with Gasteiger partial charge in [0.1, 0.15) is 5.75 Å². The lowest BCUT2D eigenvalue weighted by molar-refractivity contribution is 0.201. The van der Waals surface area contributed by atoms with Gasteiger partial charge in [-0.1, -0.05) is 6.07 Å². The molecule has 0 aliphatic carbocycles. The van der Waals surface area contributed by atoms with Crippen molar-refractivity contribution in [1.82, 2.24) is 0 Å². The van der Waals surface area contributed by atoms with Crippen LogP contribution >= 0.6 is 0 Å². The second kappa shape index (κ2) is 3.97. The minimum absolute atomic E-state index is 0.243. The molecule has 1 aromatic carbocycles. The summed E-state index contributed by atoms with van der Waals surface area (Å²) in [6.45, 7) is 0.571. The Balaban J connectivity index is 2.81. The van der Waals surface area contributed by atoms with Gasteiger partial charge in [-0.25, -0.2) is 0 Å². The molecule has 0 aliphatic heterocycles. The van der Waals surface area contributed by atoms with Crippen molar-refractivity contribution in [2.75, 3.05) is 19.5 Å². The van der Waals surface area contributed by atoms with Gasteiger partial charge in [0.2, 0.25) is 0 Å². The van der Waals surface area contributed by atoms with Crippen LogP contribution in [0.15, 0.2) is 18.2 Å². The first-order valence-corrected chi connectivity index (χ1v) is 3.81. The fourth-order valence-corrected chi connectivity index (χ4v) is 1.07.